The quantitative estimate of drug-likeness (QED) is 0.734. The van der Waals surface area contributed by atoms with Gasteiger partial charge in [0.2, 0.25) is 10.0 Å². The van der Waals surface area contributed by atoms with Crippen LogP contribution in [-0.2, 0) is 16.2 Å². The predicted octanol–water partition coefficient (Wildman–Crippen LogP) is 4.20. The summed E-state index contributed by atoms with van der Waals surface area (Å²) in [6, 6.07) is 8.59. The number of sulfonamides is 1. The van der Waals surface area contributed by atoms with Gasteiger partial charge in [-0.05, 0) is 61.7 Å². The topological polar surface area (TPSA) is 69.7 Å². The molecule has 0 saturated carbocycles. The van der Waals surface area contributed by atoms with Gasteiger partial charge in [0.15, 0.2) is 0 Å². The lowest BCUT2D eigenvalue weighted by atomic mass is 10.1. The maximum Gasteiger partial charge on any atom is 0.416 e. The number of hydrogen-bond acceptors (Lipinski definition) is 4. The highest BCUT2D eigenvalue weighted by atomic mass is 32.2. The van der Waals surface area contributed by atoms with Gasteiger partial charge in [-0.3, -0.25) is 4.79 Å². The molecule has 31 heavy (non-hydrogen) atoms. The van der Waals surface area contributed by atoms with E-state index < -0.39 is 27.7 Å². The van der Waals surface area contributed by atoms with Crippen molar-refractivity contribution in [3.05, 3.63) is 53.6 Å². The third kappa shape index (κ3) is 5.19. The van der Waals surface area contributed by atoms with Crippen molar-refractivity contribution >= 4 is 27.3 Å². The molecule has 1 saturated heterocycles. The van der Waals surface area contributed by atoms with Gasteiger partial charge in [0, 0.05) is 32.7 Å². The minimum absolute atomic E-state index is 0.0159. The van der Waals surface area contributed by atoms with E-state index in [2.05, 4.69) is 5.32 Å². The molecule has 0 bridgehead atoms. The average Bonchev–Trinajstić information content (AvgIpc) is 2.73. The summed E-state index contributed by atoms with van der Waals surface area (Å²) in [5, 5.41) is 2.58. The smallest absolute Gasteiger partial charge is 0.370 e. The van der Waals surface area contributed by atoms with E-state index in [9.17, 15) is 26.4 Å². The molecule has 1 amide bonds. The van der Waals surface area contributed by atoms with E-state index in [4.69, 9.17) is 0 Å². The van der Waals surface area contributed by atoms with E-state index >= 15 is 0 Å². The monoisotopic (exact) mass is 455 g/mol. The van der Waals surface area contributed by atoms with Crippen LogP contribution in [0.25, 0.3) is 0 Å². The first-order chi connectivity index (χ1) is 14.5. The molecule has 1 N–H and O–H groups in total. The van der Waals surface area contributed by atoms with Crippen LogP contribution in [0.15, 0.2) is 47.4 Å². The van der Waals surface area contributed by atoms with Gasteiger partial charge in [-0.15, -0.1) is 0 Å². The zero-order chi connectivity index (χ0) is 22.8. The molecule has 0 aromatic heterocycles. The highest BCUT2D eigenvalue weighted by Gasteiger charge is 2.32. The molecule has 0 radical (unpaired) electrons. The third-order valence-electron chi connectivity index (χ3n) is 5.16. The summed E-state index contributed by atoms with van der Waals surface area (Å²) in [4.78, 5) is 14.7. The number of anilines is 2. The van der Waals surface area contributed by atoms with Crippen LogP contribution in [0.1, 0.15) is 35.2 Å². The van der Waals surface area contributed by atoms with E-state index in [1.165, 1.54) is 44.4 Å². The first kappa shape index (κ1) is 23.1. The molecule has 0 spiro atoms. The summed E-state index contributed by atoms with van der Waals surface area (Å²) in [7, 11) is -0.862. The van der Waals surface area contributed by atoms with Crippen molar-refractivity contribution in [3.8, 4) is 0 Å². The first-order valence-electron chi connectivity index (χ1n) is 9.80. The number of nitrogens with one attached hydrogen (secondary N) is 1. The fourth-order valence-corrected chi connectivity index (χ4v) is 4.31. The minimum atomic E-state index is -4.54. The SMILES string of the molecule is CN(C)S(=O)(=O)c1ccc(C(=O)Nc2cc(C(F)(F)F)ccc2N2CCCCC2)cc1. The zero-order valence-corrected chi connectivity index (χ0v) is 18.1. The largest absolute Gasteiger partial charge is 0.416 e. The van der Waals surface area contributed by atoms with Crippen LogP contribution in [0.2, 0.25) is 0 Å². The molecule has 2 aromatic rings. The van der Waals surface area contributed by atoms with Gasteiger partial charge in [-0.2, -0.15) is 13.2 Å². The Morgan fingerprint density at radius 1 is 1.00 bits per heavy atom. The van der Waals surface area contributed by atoms with Crippen LogP contribution in [0, 0.1) is 0 Å². The lowest BCUT2D eigenvalue weighted by Gasteiger charge is -2.31. The fraction of sp³-hybridized carbons (Fsp3) is 0.381. The molecular formula is C21H24F3N3O3S. The van der Waals surface area contributed by atoms with E-state index in [1.54, 1.807) is 0 Å². The van der Waals surface area contributed by atoms with Gasteiger partial charge in [-0.1, -0.05) is 0 Å². The van der Waals surface area contributed by atoms with Gasteiger partial charge in [0.25, 0.3) is 5.91 Å². The van der Waals surface area contributed by atoms with Crippen molar-refractivity contribution in [2.45, 2.75) is 30.3 Å². The van der Waals surface area contributed by atoms with E-state index in [-0.39, 0.29) is 16.1 Å². The van der Waals surface area contributed by atoms with Crippen molar-refractivity contribution in [1.82, 2.24) is 4.31 Å². The van der Waals surface area contributed by atoms with Gasteiger partial charge in [0.05, 0.1) is 21.8 Å². The Hall–Kier alpha value is -2.59. The molecule has 2 aromatic carbocycles. The molecule has 3 rings (SSSR count). The maximum atomic E-state index is 13.2. The fourth-order valence-electron chi connectivity index (χ4n) is 3.41. The van der Waals surface area contributed by atoms with Gasteiger partial charge >= 0.3 is 6.18 Å². The Balaban J connectivity index is 1.90. The van der Waals surface area contributed by atoms with E-state index in [0.717, 1.165) is 35.7 Å². The molecule has 0 aliphatic carbocycles. The first-order valence-corrected chi connectivity index (χ1v) is 11.2. The highest BCUT2D eigenvalue weighted by Crippen LogP contribution is 2.36. The molecule has 168 valence electrons. The van der Waals surface area contributed by atoms with Crippen molar-refractivity contribution in [2.24, 2.45) is 0 Å². The number of piperidine rings is 1. The number of benzene rings is 2. The van der Waals surface area contributed by atoms with Crippen LogP contribution in [0.3, 0.4) is 0 Å². The summed E-state index contributed by atoms with van der Waals surface area (Å²) in [5.41, 5.74) is -0.102. The van der Waals surface area contributed by atoms with Crippen LogP contribution in [-0.4, -0.2) is 45.8 Å². The Labute approximate surface area is 179 Å². The lowest BCUT2D eigenvalue weighted by Crippen LogP contribution is -2.30. The number of halogens is 3. The maximum absolute atomic E-state index is 13.2. The van der Waals surface area contributed by atoms with Crippen LogP contribution < -0.4 is 10.2 Å². The predicted molar refractivity (Wildman–Crippen MR) is 113 cm³/mol. The zero-order valence-electron chi connectivity index (χ0n) is 17.2. The number of alkyl halides is 3. The van der Waals surface area contributed by atoms with Gasteiger partial charge in [-0.25, -0.2) is 12.7 Å². The van der Waals surface area contributed by atoms with Crippen LogP contribution in [0.4, 0.5) is 24.5 Å². The number of hydrogen-bond donors (Lipinski definition) is 1. The summed E-state index contributed by atoms with van der Waals surface area (Å²) >= 11 is 0. The molecular weight excluding hydrogens is 431 g/mol. The Morgan fingerprint density at radius 3 is 2.16 bits per heavy atom. The van der Waals surface area contributed by atoms with E-state index in [0.29, 0.717) is 18.8 Å². The molecule has 6 nitrogen and oxygen atoms in total. The summed E-state index contributed by atoms with van der Waals surface area (Å²) in [6.07, 6.45) is -1.63. The summed E-state index contributed by atoms with van der Waals surface area (Å²) < 4.78 is 65.1. The number of nitrogens with zero attached hydrogens (tertiary/aromatic N) is 2. The second-order valence-corrected chi connectivity index (χ2v) is 9.70. The summed E-state index contributed by atoms with van der Waals surface area (Å²) in [5.74, 6) is -0.619. The van der Waals surface area contributed by atoms with Crippen molar-refractivity contribution in [1.29, 1.82) is 0 Å². The normalized spacial score (nSPS) is 15.2. The second kappa shape index (κ2) is 8.88. The summed E-state index contributed by atoms with van der Waals surface area (Å²) in [6.45, 7) is 1.40. The third-order valence-corrected chi connectivity index (χ3v) is 6.99. The van der Waals surface area contributed by atoms with Crippen LogP contribution >= 0.6 is 0 Å². The number of carbonyl (C=O) groups is 1. The van der Waals surface area contributed by atoms with Crippen molar-refractivity contribution < 1.29 is 26.4 Å². The standard InChI is InChI=1S/C21H24F3N3O3S/c1-26(2)31(29,30)17-9-6-15(7-10-17)20(28)25-18-14-16(21(22,23)24)8-11-19(18)27-12-4-3-5-13-27/h6-11,14H,3-5,12-13H2,1-2H3,(H,25,28). The molecule has 1 heterocycles. The van der Waals surface area contributed by atoms with E-state index in [1.807, 2.05) is 4.90 Å². The molecule has 0 unspecified atom stereocenters. The number of carbonyl (C=O) groups excluding carboxylic acids is 1. The number of amides is 1. The molecule has 1 aliphatic rings. The van der Waals surface area contributed by atoms with Crippen molar-refractivity contribution in [2.75, 3.05) is 37.4 Å². The molecule has 1 fully saturated rings. The van der Waals surface area contributed by atoms with Crippen molar-refractivity contribution in [3.63, 3.8) is 0 Å². The Kier molecular flexibility index (Phi) is 6.61. The number of rotatable bonds is 5. The molecule has 0 atom stereocenters. The Bertz CT molecular complexity index is 1050. The second-order valence-electron chi connectivity index (χ2n) is 7.54. The average molecular weight is 456 g/mol. The lowest BCUT2D eigenvalue weighted by molar-refractivity contribution is -0.137. The van der Waals surface area contributed by atoms with Gasteiger partial charge < -0.3 is 10.2 Å². The highest BCUT2D eigenvalue weighted by molar-refractivity contribution is 7.89. The van der Waals surface area contributed by atoms with Crippen LogP contribution in [0.5, 0.6) is 0 Å². The molecule has 1 aliphatic heterocycles. The van der Waals surface area contributed by atoms with Gasteiger partial charge in [0.1, 0.15) is 0 Å². The Morgan fingerprint density at radius 2 is 1.61 bits per heavy atom. The molecule has 10 heteroatoms. The minimum Gasteiger partial charge on any atom is -0.370 e.